The van der Waals surface area contributed by atoms with E-state index in [-0.39, 0.29) is 5.76 Å². The fourth-order valence-electron chi connectivity index (χ4n) is 2.52. The SMILES string of the molecule is Cc1oc(C(=O)O)cc1CN1CCC(C)C(C)C1. The first kappa shape index (κ1) is 13.1. The molecular formula is C14H21NO3. The quantitative estimate of drug-likeness (QED) is 0.897. The Morgan fingerprint density at radius 1 is 1.50 bits per heavy atom. The van der Waals surface area contributed by atoms with Gasteiger partial charge in [-0.15, -0.1) is 0 Å². The zero-order chi connectivity index (χ0) is 13.3. The first-order valence-electron chi connectivity index (χ1n) is 6.52. The molecule has 1 aliphatic rings. The van der Waals surface area contributed by atoms with Gasteiger partial charge in [-0.3, -0.25) is 4.90 Å². The van der Waals surface area contributed by atoms with Crippen LogP contribution < -0.4 is 0 Å². The summed E-state index contributed by atoms with van der Waals surface area (Å²) in [6, 6.07) is 1.65. The van der Waals surface area contributed by atoms with Gasteiger partial charge in [0.25, 0.3) is 0 Å². The maximum Gasteiger partial charge on any atom is 0.371 e. The van der Waals surface area contributed by atoms with Gasteiger partial charge in [0, 0.05) is 18.7 Å². The van der Waals surface area contributed by atoms with Gasteiger partial charge in [-0.1, -0.05) is 13.8 Å². The van der Waals surface area contributed by atoms with Gasteiger partial charge in [-0.05, 0) is 37.8 Å². The molecule has 4 nitrogen and oxygen atoms in total. The van der Waals surface area contributed by atoms with Crippen molar-refractivity contribution in [2.45, 2.75) is 33.7 Å². The fraction of sp³-hybridized carbons (Fsp3) is 0.643. The standard InChI is InChI=1S/C14H21NO3/c1-9-4-5-15(7-10(9)2)8-12-6-13(14(16)17)18-11(12)3/h6,9-10H,4-5,7-8H2,1-3H3,(H,16,17). The summed E-state index contributed by atoms with van der Waals surface area (Å²) in [6.07, 6.45) is 1.21. The third-order valence-electron chi connectivity index (χ3n) is 4.04. The van der Waals surface area contributed by atoms with Crippen molar-refractivity contribution in [1.82, 2.24) is 4.90 Å². The Morgan fingerprint density at radius 3 is 2.78 bits per heavy atom. The van der Waals surface area contributed by atoms with Crippen LogP contribution in [0.1, 0.15) is 42.1 Å². The van der Waals surface area contributed by atoms with Crippen LogP contribution in [0.3, 0.4) is 0 Å². The molecule has 0 radical (unpaired) electrons. The van der Waals surface area contributed by atoms with Crippen molar-refractivity contribution in [1.29, 1.82) is 0 Å². The van der Waals surface area contributed by atoms with Gasteiger partial charge in [0.05, 0.1) is 0 Å². The number of carboxylic acids is 1. The van der Waals surface area contributed by atoms with Crippen molar-refractivity contribution in [3.63, 3.8) is 0 Å². The Bertz CT molecular complexity index is 438. The number of aromatic carboxylic acids is 1. The molecule has 0 spiro atoms. The number of furan rings is 1. The molecule has 18 heavy (non-hydrogen) atoms. The molecule has 0 aliphatic carbocycles. The van der Waals surface area contributed by atoms with E-state index in [0.717, 1.165) is 36.9 Å². The third-order valence-corrected chi connectivity index (χ3v) is 4.04. The van der Waals surface area contributed by atoms with Crippen molar-refractivity contribution in [2.24, 2.45) is 11.8 Å². The maximum atomic E-state index is 10.8. The molecule has 2 unspecified atom stereocenters. The molecule has 0 bridgehead atoms. The minimum Gasteiger partial charge on any atom is -0.475 e. The van der Waals surface area contributed by atoms with Gasteiger partial charge in [-0.2, -0.15) is 0 Å². The minimum absolute atomic E-state index is 0.0425. The summed E-state index contributed by atoms with van der Waals surface area (Å²) in [5.41, 5.74) is 0.995. The molecule has 0 aromatic carbocycles. The first-order chi connectivity index (χ1) is 8.47. The molecule has 100 valence electrons. The van der Waals surface area contributed by atoms with Crippen LogP contribution >= 0.6 is 0 Å². The van der Waals surface area contributed by atoms with Crippen LogP contribution in [0, 0.1) is 18.8 Å². The molecule has 2 atom stereocenters. The van der Waals surface area contributed by atoms with Gasteiger partial charge in [0.2, 0.25) is 5.76 Å². The Hall–Kier alpha value is -1.29. The topological polar surface area (TPSA) is 53.7 Å². The first-order valence-corrected chi connectivity index (χ1v) is 6.52. The molecule has 0 saturated carbocycles. The highest BCUT2D eigenvalue weighted by Crippen LogP contribution is 2.25. The van der Waals surface area contributed by atoms with E-state index in [1.54, 1.807) is 6.07 Å². The highest BCUT2D eigenvalue weighted by atomic mass is 16.4. The molecular weight excluding hydrogens is 230 g/mol. The number of rotatable bonds is 3. The summed E-state index contributed by atoms with van der Waals surface area (Å²) in [5.74, 6) is 1.25. The van der Waals surface area contributed by atoms with Crippen LogP contribution in [-0.2, 0) is 6.54 Å². The molecule has 1 aliphatic heterocycles. The van der Waals surface area contributed by atoms with Crippen LogP contribution in [0.25, 0.3) is 0 Å². The molecule has 1 aromatic heterocycles. The maximum absolute atomic E-state index is 10.8. The number of likely N-dealkylation sites (tertiary alicyclic amines) is 1. The second-order valence-corrected chi connectivity index (χ2v) is 5.48. The lowest BCUT2D eigenvalue weighted by Gasteiger charge is -2.35. The highest BCUT2D eigenvalue weighted by Gasteiger charge is 2.24. The minimum atomic E-state index is -0.995. The number of carboxylic acid groups (broad SMARTS) is 1. The monoisotopic (exact) mass is 251 g/mol. The highest BCUT2D eigenvalue weighted by molar-refractivity contribution is 5.84. The average molecular weight is 251 g/mol. The van der Waals surface area contributed by atoms with Crippen molar-refractivity contribution < 1.29 is 14.3 Å². The predicted octanol–water partition coefficient (Wildman–Crippen LogP) is 2.76. The van der Waals surface area contributed by atoms with E-state index < -0.39 is 5.97 Å². The van der Waals surface area contributed by atoms with E-state index in [9.17, 15) is 4.79 Å². The number of piperidine rings is 1. The van der Waals surface area contributed by atoms with E-state index in [1.165, 1.54) is 6.42 Å². The molecule has 0 amide bonds. The molecule has 1 N–H and O–H groups in total. The molecule has 4 heteroatoms. The summed E-state index contributed by atoms with van der Waals surface area (Å²) >= 11 is 0. The Labute approximate surface area is 108 Å². The van der Waals surface area contributed by atoms with E-state index in [1.807, 2.05) is 6.92 Å². The average Bonchev–Trinajstić information content (AvgIpc) is 2.66. The van der Waals surface area contributed by atoms with Gasteiger partial charge >= 0.3 is 5.97 Å². The number of carbonyl (C=O) groups is 1. The molecule has 2 rings (SSSR count). The zero-order valence-corrected chi connectivity index (χ0v) is 11.3. The number of hydrogen-bond donors (Lipinski definition) is 1. The summed E-state index contributed by atoms with van der Waals surface area (Å²) in [6.45, 7) is 9.36. The largest absolute Gasteiger partial charge is 0.475 e. The van der Waals surface area contributed by atoms with Crippen LogP contribution in [0.2, 0.25) is 0 Å². The number of aryl methyl sites for hydroxylation is 1. The van der Waals surface area contributed by atoms with E-state index in [2.05, 4.69) is 18.7 Å². The lowest BCUT2D eigenvalue weighted by molar-refractivity contribution is 0.0661. The normalized spacial score (nSPS) is 25.3. The van der Waals surface area contributed by atoms with Gasteiger partial charge < -0.3 is 9.52 Å². The summed E-state index contributed by atoms with van der Waals surface area (Å²) < 4.78 is 5.24. The van der Waals surface area contributed by atoms with Crippen LogP contribution in [-0.4, -0.2) is 29.1 Å². The third kappa shape index (κ3) is 2.75. The fourth-order valence-corrected chi connectivity index (χ4v) is 2.52. The second kappa shape index (κ2) is 5.14. The van der Waals surface area contributed by atoms with E-state index in [4.69, 9.17) is 9.52 Å². The molecule has 1 saturated heterocycles. The number of hydrogen-bond acceptors (Lipinski definition) is 3. The Kier molecular flexibility index (Phi) is 3.76. The number of nitrogens with zero attached hydrogens (tertiary/aromatic N) is 1. The molecule has 2 heterocycles. The van der Waals surface area contributed by atoms with Crippen molar-refractivity contribution >= 4 is 5.97 Å². The van der Waals surface area contributed by atoms with Crippen molar-refractivity contribution in [2.75, 3.05) is 13.1 Å². The van der Waals surface area contributed by atoms with E-state index >= 15 is 0 Å². The van der Waals surface area contributed by atoms with Crippen molar-refractivity contribution in [3.8, 4) is 0 Å². The molecule has 1 fully saturated rings. The predicted molar refractivity (Wildman–Crippen MR) is 68.6 cm³/mol. The van der Waals surface area contributed by atoms with Gasteiger partial charge in [0.15, 0.2) is 0 Å². The zero-order valence-electron chi connectivity index (χ0n) is 11.3. The Morgan fingerprint density at radius 2 is 2.22 bits per heavy atom. The summed E-state index contributed by atoms with van der Waals surface area (Å²) in [4.78, 5) is 13.2. The van der Waals surface area contributed by atoms with Gasteiger partial charge in [-0.25, -0.2) is 4.79 Å². The molecule has 1 aromatic rings. The van der Waals surface area contributed by atoms with Crippen LogP contribution in [0.4, 0.5) is 0 Å². The lowest BCUT2D eigenvalue weighted by Crippen LogP contribution is -2.37. The summed E-state index contributed by atoms with van der Waals surface area (Å²) in [5, 5.41) is 8.90. The van der Waals surface area contributed by atoms with Crippen LogP contribution in [0.15, 0.2) is 10.5 Å². The second-order valence-electron chi connectivity index (χ2n) is 5.48. The van der Waals surface area contributed by atoms with Crippen molar-refractivity contribution in [3.05, 3.63) is 23.2 Å². The van der Waals surface area contributed by atoms with Crippen LogP contribution in [0.5, 0.6) is 0 Å². The summed E-state index contributed by atoms with van der Waals surface area (Å²) in [7, 11) is 0. The lowest BCUT2D eigenvalue weighted by atomic mass is 9.88. The van der Waals surface area contributed by atoms with Gasteiger partial charge in [0.1, 0.15) is 5.76 Å². The van der Waals surface area contributed by atoms with E-state index in [0.29, 0.717) is 5.92 Å². The Balaban J connectivity index is 2.03. The smallest absolute Gasteiger partial charge is 0.371 e.